The molecule has 0 spiro atoms. The van der Waals surface area contributed by atoms with Crippen molar-refractivity contribution in [1.82, 2.24) is 5.16 Å². The van der Waals surface area contributed by atoms with E-state index in [-0.39, 0.29) is 0 Å². The van der Waals surface area contributed by atoms with Gasteiger partial charge in [-0.1, -0.05) is 41.7 Å². The summed E-state index contributed by atoms with van der Waals surface area (Å²) < 4.78 is 11.1. The summed E-state index contributed by atoms with van der Waals surface area (Å²) >= 11 is 11.9. The number of rotatable bonds is 5. The Morgan fingerprint density at radius 1 is 1.09 bits per heavy atom. The van der Waals surface area contributed by atoms with Crippen LogP contribution in [0.4, 0.5) is 0 Å². The average molecular weight is 336 g/mol. The lowest BCUT2D eigenvalue weighted by atomic mass is 10.0. The fourth-order valence-corrected chi connectivity index (χ4v) is 2.66. The summed E-state index contributed by atoms with van der Waals surface area (Å²) in [5.74, 6) is 0.689. The highest BCUT2D eigenvalue weighted by Gasteiger charge is 2.09. The van der Waals surface area contributed by atoms with Crippen molar-refractivity contribution in [3.05, 3.63) is 57.7 Å². The summed E-state index contributed by atoms with van der Waals surface area (Å²) in [6, 6.07) is 9.36. The molecule has 5 heteroatoms. The van der Waals surface area contributed by atoms with E-state index in [0.717, 1.165) is 29.4 Å². The molecule has 114 valence electrons. The topological polar surface area (TPSA) is 35.3 Å². The predicted octanol–water partition coefficient (Wildman–Crippen LogP) is 5.67. The molecule has 3 rings (SSSR count). The van der Waals surface area contributed by atoms with Gasteiger partial charge in [0.2, 0.25) is 0 Å². The van der Waals surface area contributed by atoms with Gasteiger partial charge in [0.15, 0.2) is 5.58 Å². The van der Waals surface area contributed by atoms with Gasteiger partial charge in [0.25, 0.3) is 0 Å². The Hall–Kier alpha value is -1.71. The molecule has 0 aliphatic carbocycles. The fraction of sp³-hybridized carbons (Fsp3) is 0.235. The van der Waals surface area contributed by atoms with Gasteiger partial charge in [0, 0.05) is 11.5 Å². The zero-order chi connectivity index (χ0) is 15.5. The Kier molecular flexibility index (Phi) is 4.55. The molecule has 0 aliphatic rings. The van der Waals surface area contributed by atoms with Crippen molar-refractivity contribution in [2.24, 2.45) is 0 Å². The van der Waals surface area contributed by atoms with Crippen LogP contribution in [-0.2, 0) is 13.0 Å². The number of halogens is 2. The molecule has 0 aliphatic heterocycles. The van der Waals surface area contributed by atoms with E-state index in [1.807, 2.05) is 6.07 Å². The van der Waals surface area contributed by atoms with Gasteiger partial charge in [-0.05, 0) is 41.8 Å². The normalized spacial score (nSPS) is 11.0. The molecule has 0 fully saturated rings. The second-order valence-electron chi connectivity index (χ2n) is 5.10. The van der Waals surface area contributed by atoms with Crippen LogP contribution in [0.5, 0.6) is 5.75 Å². The van der Waals surface area contributed by atoms with E-state index in [4.69, 9.17) is 32.5 Å². The molecule has 3 aromatic rings. The van der Waals surface area contributed by atoms with Crippen molar-refractivity contribution < 1.29 is 9.26 Å². The highest BCUT2D eigenvalue weighted by Crippen LogP contribution is 2.28. The van der Waals surface area contributed by atoms with Gasteiger partial charge in [-0.2, -0.15) is 0 Å². The summed E-state index contributed by atoms with van der Waals surface area (Å²) in [5, 5.41) is 5.85. The van der Waals surface area contributed by atoms with Gasteiger partial charge in [0.1, 0.15) is 12.4 Å². The van der Waals surface area contributed by atoms with E-state index >= 15 is 0 Å². The number of benzene rings is 2. The van der Waals surface area contributed by atoms with Crippen LogP contribution in [0.15, 0.2) is 41.1 Å². The van der Waals surface area contributed by atoms with Crippen molar-refractivity contribution in [3.8, 4) is 5.75 Å². The number of nitrogens with zero attached hydrogens (tertiary/aromatic N) is 1. The lowest BCUT2D eigenvalue weighted by Crippen LogP contribution is -2.00. The van der Waals surface area contributed by atoms with Crippen molar-refractivity contribution >= 4 is 34.2 Å². The van der Waals surface area contributed by atoms with E-state index < -0.39 is 0 Å². The Bertz CT molecular complexity index is 798. The zero-order valence-corrected chi connectivity index (χ0v) is 13.6. The second kappa shape index (κ2) is 6.59. The van der Waals surface area contributed by atoms with Crippen LogP contribution in [-0.4, -0.2) is 5.16 Å². The summed E-state index contributed by atoms with van der Waals surface area (Å²) in [4.78, 5) is 0. The molecule has 22 heavy (non-hydrogen) atoms. The largest absolute Gasteiger partial charge is 0.489 e. The van der Waals surface area contributed by atoms with Gasteiger partial charge >= 0.3 is 0 Å². The molecule has 1 heterocycles. The molecular weight excluding hydrogens is 321 g/mol. The Morgan fingerprint density at radius 2 is 1.95 bits per heavy atom. The molecule has 2 aromatic carbocycles. The Labute approximate surface area is 138 Å². The quantitative estimate of drug-likeness (QED) is 0.602. The number of hydrogen-bond acceptors (Lipinski definition) is 3. The maximum atomic E-state index is 6.00. The minimum Gasteiger partial charge on any atom is -0.489 e. The summed E-state index contributed by atoms with van der Waals surface area (Å²) in [6.45, 7) is 2.60. The monoisotopic (exact) mass is 335 g/mol. The number of hydrogen-bond donors (Lipinski definition) is 0. The summed E-state index contributed by atoms with van der Waals surface area (Å²) in [7, 11) is 0. The lowest BCUT2D eigenvalue weighted by Gasteiger charge is -2.11. The molecule has 3 nitrogen and oxygen atoms in total. The maximum absolute atomic E-state index is 6.00. The third-order valence-electron chi connectivity index (χ3n) is 3.48. The number of ether oxygens (including phenoxy) is 1. The molecule has 0 N–H and O–H groups in total. The first-order valence-corrected chi connectivity index (χ1v) is 7.87. The van der Waals surface area contributed by atoms with Crippen molar-refractivity contribution in [3.63, 3.8) is 0 Å². The maximum Gasteiger partial charge on any atom is 0.167 e. The molecule has 0 bridgehead atoms. The zero-order valence-electron chi connectivity index (χ0n) is 12.1. The smallest absolute Gasteiger partial charge is 0.167 e. The van der Waals surface area contributed by atoms with Crippen LogP contribution in [0.1, 0.15) is 24.5 Å². The first kappa shape index (κ1) is 15.2. The molecule has 0 amide bonds. The SMILES string of the molecule is CCCc1cc2cnoc2cc1COc1ccc(Cl)c(Cl)c1. The first-order chi connectivity index (χ1) is 10.7. The Morgan fingerprint density at radius 3 is 2.73 bits per heavy atom. The number of aryl methyl sites for hydroxylation is 1. The molecule has 1 aromatic heterocycles. The van der Waals surface area contributed by atoms with Crippen molar-refractivity contribution in [2.45, 2.75) is 26.4 Å². The Balaban J connectivity index is 1.85. The third kappa shape index (κ3) is 3.21. The average Bonchev–Trinajstić information content (AvgIpc) is 2.96. The minimum atomic E-state index is 0.448. The minimum absolute atomic E-state index is 0.448. The molecule has 0 unspecified atom stereocenters. The molecule has 0 saturated carbocycles. The molecule has 0 atom stereocenters. The second-order valence-corrected chi connectivity index (χ2v) is 5.91. The standard InChI is InChI=1S/C17H15Cl2NO2/c1-2-3-11-6-12-9-20-22-17(12)7-13(11)10-21-14-4-5-15(18)16(19)8-14/h4-9H,2-3,10H2,1H3. The van der Waals surface area contributed by atoms with Crippen LogP contribution in [0.2, 0.25) is 10.0 Å². The predicted molar refractivity (Wildman–Crippen MR) is 88.8 cm³/mol. The van der Waals surface area contributed by atoms with Gasteiger partial charge in [0.05, 0.1) is 16.2 Å². The summed E-state index contributed by atoms with van der Waals surface area (Å²) in [5.41, 5.74) is 3.11. The van der Waals surface area contributed by atoms with Gasteiger partial charge in [-0.25, -0.2) is 0 Å². The molecule has 0 radical (unpaired) electrons. The van der Waals surface area contributed by atoms with Crippen LogP contribution < -0.4 is 4.74 Å². The summed E-state index contributed by atoms with van der Waals surface area (Å²) in [6.07, 6.45) is 3.79. The van der Waals surface area contributed by atoms with Gasteiger partial charge in [-0.3, -0.25) is 0 Å². The molecular formula is C17H15Cl2NO2. The first-order valence-electron chi connectivity index (χ1n) is 7.11. The van der Waals surface area contributed by atoms with Crippen LogP contribution >= 0.6 is 23.2 Å². The van der Waals surface area contributed by atoms with E-state index in [2.05, 4.69) is 18.1 Å². The fourth-order valence-electron chi connectivity index (χ4n) is 2.37. The van der Waals surface area contributed by atoms with E-state index in [1.165, 1.54) is 5.56 Å². The van der Waals surface area contributed by atoms with Crippen LogP contribution in [0, 0.1) is 0 Å². The van der Waals surface area contributed by atoms with Gasteiger partial charge < -0.3 is 9.26 Å². The van der Waals surface area contributed by atoms with Crippen LogP contribution in [0.3, 0.4) is 0 Å². The molecule has 0 saturated heterocycles. The van der Waals surface area contributed by atoms with Crippen molar-refractivity contribution in [1.29, 1.82) is 0 Å². The van der Waals surface area contributed by atoms with Crippen LogP contribution in [0.25, 0.3) is 11.0 Å². The lowest BCUT2D eigenvalue weighted by molar-refractivity contribution is 0.305. The van der Waals surface area contributed by atoms with E-state index in [1.54, 1.807) is 24.4 Å². The number of fused-ring (bicyclic) bond motifs is 1. The van der Waals surface area contributed by atoms with E-state index in [9.17, 15) is 0 Å². The van der Waals surface area contributed by atoms with Gasteiger partial charge in [-0.15, -0.1) is 0 Å². The van der Waals surface area contributed by atoms with E-state index in [0.29, 0.717) is 22.4 Å². The highest BCUT2D eigenvalue weighted by atomic mass is 35.5. The third-order valence-corrected chi connectivity index (χ3v) is 4.22. The highest BCUT2D eigenvalue weighted by molar-refractivity contribution is 6.42. The van der Waals surface area contributed by atoms with Crippen molar-refractivity contribution in [2.75, 3.05) is 0 Å². The number of aromatic nitrogens is 1.